The first-order chi connectivity index (χ1) is 46.1. The highest BCUT2D eigenvalue weighted by molar-refractivity contribution is 6.16. The second kappa shape index (κ2) is 22.2. The molecule has 18 rings (SSSR count). The molecule has 0 spiro atoms. The molecule has 0 aliphatic heterocycles. The Kier molecular flexibility index (Phi) is 12.8. The molecule has 93 heavy (non-hydrogen) atoms. The molecule has 5 aromatic heterocycles. The maximum Gasteiger partial charge on any atom is 0.162 e. The summed E-state index contributed by atoms with van der Waals surface area (Å²) in [6.07, 6.45) is 2.15. The van der Waals surface area contributed by atoms with Crippen LogP contribution < -0.4 is 0 Å². The zero-order valence-electron chi connectivity index (χ0n) is 50.6. The summed E-state index contributed by atoms with van der Waals surface area (Å²) >= 11 is 0. The van der Waals surface area contributed by atoms with E-state index in [-0.39, 0.29) is 0 Å². The number of pyridine rings is 2. The fourth-order valence-electron chi connectivity index (χ4n) is 14.3. The molecule has 18 aromatic rings. The van der Waals surface area contributed by atoms with Gasteiger partial charge in [-0.3, -0.25) is 4.57 Å². The predicted octanol–water partition coefficient (Wildman–Crippen LogP) is 23.1. The lowest BCUT2D eigenvalue weighted by Crippen LogP contribution is -2.11. The average molecular weight is 1180 g/mol. The van der Waals surface area contributed by atoms with Crippen LogP contribution in [0.2, 0.25) is 0 Å². The van der Waals surface area contributed by atoms with Crippen LogP contribution >= 0.6 is 0 Å². The van der Waals surface area contributed by atoms with E-state index in [0.717, 1.165) is 161 Å². The predicted molar refractivity (Wildman–Crippen MR) is 389 cm³/mol. The van der Waals surface area contributed by atoms with Crippen LogP contribution in [0.15, 0.2) is 346 Å². The number of benzene rings is 13. The van der Waals surface area contributed by atoms with Gasteiger partial charge in [-0.25, -0.2) is 9.97 Å². The fourth-order valence-corrected chi connectivity index (χ4v) is 14.3. The van der Waals surface area contributed by atoms with E-state index in [9.17, 15) is 0 Å². The molecule has 5 heteroatoms. The summed E-state index contributed by atoms with van der Waals surface area (Å²) in [5, 5.41) is 6.91. The Morgan fingerprint density at radius 1 is 0.204 bits per heavy atom. The van der Waals surface area contributed by atoms with Gasteiger partial charge in [0.15, 0.2) is 5.82 Å². The van der Waals surface area contributed by atoms with Gasteiger partial charge in [0, 0.05) is 49.0 Å². The molecule has 5 nitrogen and oxygen atoms in total. The minimum atomic E-state index is 0.803. The Morgan fingerprint density at radius 3 is 0.892 bits per heavy atom. The molecule has 13 aromatic carbocycles. The highest BCUT2D eigenvalue weighted by Gasteiger charge is 2.29. The van der Waals surface area contributed by atoms with Crippen molar-refractivity contribution < 1.29 is 0 Å². The van der Waals surface area contributed by atoms with Crippen molar-refractivity contribution in [2.24, 2.45) is 0 Å². The van der Waals surface area contributed by atoms with Crippen LogP contribution in [0.1, 0.15) is 0 Å². The van der Waals surface area contributed by atoms with Crippen LogP contribution in [0.25, 0.3) is 172 Å². The van der Waals surface area contributed by atoms with E-state index in [1.807, 2.05) is 0 Å². The summed E-state index contributed by atoms with van der Waals surface area (Å²) in [5.41, 5.74) is 25.8. The summed E-state index contributed by atoms with van der Waals surface area (Å²) in [6.45, 7) is 0. The van der Waals surface area contributed by atoms with Gasteiger partial charge in [0.1, 0.15) is 0 Å². The van der Waals surface area contributed by atoms with Gasteiger partial charge in [0.2, 0.25) is 0 Å². The summed E-state index contributed by atoms with van der Waals surface area (Å²) < 4.78 is 7.42. The van der Waals surface area contributed by atoms with Crippen molar-refractivity contribution in [1.82, 2.24) is 23.7 Å². The number of rotatable bonds is 11. The molecule has 434 valence electrons. The molecule has 0 atom stereocenters. The summed E-state index contributed by atoms with van der Waals surface area (Å²) in [7, 11) is 0. The largest absolute Gasteiger partial charge is 0.307 e. The second-order valence-electron chi connectivity index (χ2n) is 24.1. The van der Waals surface area contributed by atoms with Crippen LogP contribution in [-0.2, 0) is 0 Å². The Bertz CT molecular complexity index is 5570. The van der Waals surface area contributed by atoms with E-state index in [2.05, 4.69) is 360 Å². The first kappa shape index (κ1) is 53.6. The van der Waals surface area contributed by atoms with Crippen LogP contribution in [-0.4, -0.2) is 23.7 Å². The number of para-hydroxylation sites is 2. The monoisotopic (exact) mass is 1180 g/mol. The summed E-state index contributed by atoms with van der Waals surface area (Å²) in [4.78, 5) is 11.3. The van der Waals surface area contributed by atoms with Crippen molar-refractivity contribution in [2.75, 3.05) is 0 Å². The molecular weight excluding hydrogens is 1130 g/mol. The molecule has 0 aliphatic carbocycles. The average Bonchev–Trinajstić information content (AvgIpc) is 1.59. The van der Waals surface area contributed by atoms with Crippen molar-refractivity contribution in [2.45, 2.75) is 0 Å². The third-order valence-electron chi connectivity index (χ3n) is 18.7. The third kappa shape index (κ3) is 9.16. The van der Waals surface area contributed by atoms with Crippen LogP contribution in [0.5, 0.6) is 0 Å². The molecule has 0 aliphatic rings. The summed E-state index contributed by atoms with van der Waals surface area (Å²) in [5.74, 6) is 0.803. The van der Waals surface area contributed by atoms with Crippen LogP contribution in [0.3, 0.4) is 0 Å². The van der Waals surface area contributed by atoms with Crippen LogP contribution in [0.4, 0.5) is 0 Å². The first-order valence-electron chi connectivity index (χ1n) is 31.8. The lowest BCUT2D eigenvalue weighted by molar-refractivity contribution is 1.01. The molecular formula is C88H57N5. The lowest BCUT2D eigenvalue weighted by atomic mass is 9.96. The van der Waals surface area contributed by atoms with E-state index in [1.165, 1.54) is 11.1 Å². The molecule has 0 unspecified atom stereocenters. The van der Waals surface area contributed by atoms with E-state index in [1.54, 1.807) is 0 Å². The van der Waals surface area contributed by atoms with Crippen LogP contribution in [0, 0.1) is 0 Å². The first-order valence-corrected chi connectivity index (χ1v) is 31.8. The lowest BCUT2D eigenvalue weighted by Gasteiger charge is -2.24. The molecule has 0 radical (unpaired) electrons. The van der Waals surface area contributed by atoms with Crippen molar-refractivity contribution in [3.8, 4) is 106 Å². The molecule has 0 bridgehead atoms. The van der Waals surface area contributed by atoms with E-state index >= 15 is 0 Å². The maximum atomic E-state index is 5.99. The highest BCUT2D eigenvalue weighted by atomic mass is 15.1. The molecule has 0 saturated carbocycles. The van der Waals surface area contributed by atoms with Gasteiger partial charge in [-0.1, -0.05) is 267 Å². The minimum absolute atomic E-state index is 0.803. The third-order valence-corrected chi connectivity index (χ3v) is 18.7. The van der Waals surface area contributed by atoms with Gasteiger partial charge >= 0.3 is 0 Å². The van der Waals surface area contributed by atoms with Crippen molar-refractivity contribution >= 4 is 65.4 Å². The Labute approximate surface area is 538 Å². The maximum absolute atomic E-state index is 5.99. The van der Waals surface area contributed by atoms with Gasteiger partial charge in [0.25, 0.3) is 0 Å². The fraction of sp³-hybridized carbons (Fsp3) is 0. The number of aromatic nitrogens is 5. The molecule has 5 heterocycles. The van der Waals surface area contributed by atoms with Gasteiger partial charge in [-0.2, -0.15) is 0 Å². The summed E-state index contributed by atoms with van der Waals surface area (Å²) in [6, 6.07) is 123. The standard InChI is InChI=1S/C88H57N5/c1-7-23-58(24-8-1)66-43-47-81-73(51-66)74-52-67(59-25-9-2-10-26-59)44-48-82(74)91(81)85-57-89-88(93-83-49-45-68(60-27-11-3-12-28-60)53-75(83)76-54-69(46-50-84(76)93)61-29-13-4-14-30-61)87(92-79-37-21-19-35-71(79)72-36-20-22-38-80(72)92)86(85)65-41-39-62(40-42-65)70-55-77(63-31-15-5-16-32-63)90-78(56-70)64-33-17-6-18-34-64/h1-57H. The Hall–Kier alpha value is -12.4. The zero-order chi connectivity index (χ0) is 61.3. The van der Waals surface area contributed by atoms with Crippen molar-refractivity contribution in [3.63, 3.8) is 0 Å². The Balaban J connectivity index is 0.976. The SMILES string of the molecule is c1ccc(-c2ccc3c(c2)c2cc(-c4ccccc4)ccc2n3-c2cnc(-n3c4ccc(-c5ccccc5)cc4c4cc(-c5ccccc5)ccc43)c(-n3c4ccccc4c4ccccc43)c2-c2ccc(-c3cc(-c4ccccc4)nc(-c4ccccc4)c3)cc2)cc1. The van der Waals surface area contributed by atoms with Gasteiger partial charge in [-0.15, -0.1) is 0 Å². The van der Waals surface area contributed by atoms with Gasteiger partial charge < -0.3 is 9.13 Å². The van der Waals surface area contributed by atoms with E-state index < -0.39 is 0 Å². The second-order valence-corrected chi connectivity index (χ2v) is 24.1. The van der Waals surface area contributed by atoms with Crippen molar-refractivity contribution in [3.05, 3.63) is 346 Å². The van der Waals surface area contributed by atoms with Crippen molar-refractivity contribution in [1.29, 1.82) is 0 Å². The topological polar surface area (TPSA) is 40.6 Å². The number of hydrogen-bond donors (Lipinski definition) is 0. The van der Waals surface area contributed by atoms with Gasteiger partial charge in [-0.05, 0) is 134 Å². The zero-order valence-corrected chi connectivity index (χ0v) is 50.6. The molecule has 0 saturated heterocycles. The van der Waals surface area contributed by atoms with E-state index in [0.29, 0.717) is 0 Å². The minimum Gasteiger partial charge on any atom is -0.307 e. The Morgan fingerprint density at radius 2 is 0.505 bits per heavy atom. The highest BCUT2D eigenvalue weighted by Crippen LogP contribution is 2.48. The quantitative estimate of drug-likeness (QED) is 0.129. The number of hydrogen-bond acceptors (Lipinski definition) is 2. The van der Waals surface area contributed by atoms with E-state index in [4.69, 9.17) is 9.97 Å². The smallest absolute Gasteiger partial charge is 0.162 e. The number of nitrogens with zero attached hydrogens (tertiary/aromatic N) is 5. The molecule has 0 N–H and O–H groups in total. The molecule has 0 amide bonds. The number of fused-ring (bicyclic) bond motifs is 9. The normalized spacial score (nSPS) is 11.7. The van der Waals surface area contributed by atoms with Gasteiger partial charge in [0.05, 0.1) is 62.1 Å². The molecule has 0 fully saturated rings.